The zero-order valence-electron chi connectivity index (χ0n) is 14.4. The van der Waals surface area contributed by atoms with Crippen LogP contribution in [0.3, 0.4) is 0 Å². The maximum absolute atomic E-state index is 12.1. The molecular formula is C20H15Cl2N3O2. The van der Waals surface area contributed by atoms with E-state index in [0.717, 1.165) is 11.3 Å². The summed E-state index contributed by atoms with van der Waals surface area (Å²) >= 11 is 12.0. The van der Waals surface area contributed by atoms with Crippen LogP contribution in [0.5, 0.6) is 0 Å². The van der Waals surface area contributed by atoms with Crippen LogP contribution in [0, 0.1) is 11.3 Å². The van der Waals surface area contributed by atoms with E-state index in [1.54, 1.807) is 24.3 Å². The Bertz CT molecular complexity index is 976. The van der Waals surface area contributed by atoms with Gasteiger partial charge in [-0.05, 0) is 42.0 Å². The molecule has 2 aromatic rings. The summed E-state index contributed by atoms with van der Waals surface area (Å²) in [6.45, 7) is 0.652. The Balaban J connectivity index is 1.81. The van der Waals surface area contributed by atoms with E-state index in [1.807, 2.05) is 36.2 Å². The standard InChI is InChI=1S/C20H15Cl2N3O2/c1-25(10-2-9-23)15-6-3-13(4-7-15)11-18-20(26)27-19(24-18)16-8-5-14(21)12-17(16)22/h3-8,11-12H,2,10H2,1H3. The third kappa shape index (κ3) is 4.48. The number of anilines is 1. The molecule has 0 atom stereocenters. The summed E-state index contributed by atoms with van der Waals surface area (Å²) in [5.74, 6) is -0.382. The quantitative estimate of drug-likeness (QED) is 0.540. The zero-order chi connectivity index (χ0) is 19.4. The Morgan fingerprint density at radius 1 is 1.22 bits per heavy atom. The average Bonchev–Trinajstić information content (AvgIpc) is 3.00. The van der Waals surface area contributed by atoms with Crippen molar-refractivity contribution >= 4 is 46.8 Å². The lowest BCUT2D eigenvalue weighted by molar-refractivity contribution is -0.129. The molecule has 3 rings (SSSR count). The lowest BCUT2D eigenvalue weighted by Gasteiger charge is -2.17. The van der Waals surface area contributed by atoms with Crippen molar-refractivity contribution in [3.63, 3.8) is 0 Å². The number of hydrogen-bond donors (Lipinski definition) is 0. The molecule has 136 valence electrons. The number of halogens is 2. The van der Waals surface area contributed by atoms with Gasteiger partial charge in [-0.1, -0.05) is 35.3 Å². The van der Waals surface area contributed by atoms with E-state index in [4.69, 9.17) is 33.2 Å². The van der Waals surface area contributed by atoms with Gasteiger partial charge < -0.3 is 9.64 Å². The molecule has 1 aliphatic rings. The van der Waals surface area contributed by atoms with Crippen LogP contribution in [0.25, 0.3) is 6.08 Å². The molecule has 5 nitrogen and oxygen atoms in total. The number of cyclic esters (lactones) is 1. The van der Waals surface area contributed by atoms with E-state index in [9.17, 15) is 4.79 Å². The minimum atomic E-state index is -0.536. The molecule has 1 aliphatic heterocycles. The van der Waals surface area contributed by atoms with E-state index in [0.29, 0.717) is 28.6 Å². The molecule has 0 aliphatic carbocycles. The van der Waals surface area contributed by atoms with Gasteiger partial charge in [-0.25, -0.2) is 9.79 Å². The normalized spacial score (nSPS) is 14.7. The smallest absolute Gasteiger partial charge is 0.363 e. The molecule has 0 unspecified atom stereocenters. The van der Waals surface area contributed by atoms with Crippen LogP contribution in [0.4, 0.5) is 5.69 Å². The topological polar surface area (TPSA) is 65.7 Å². The van der Waals surface area contributed by atoms with Crippen molar-refractivity contribution in [2.24, 2.45) is 4.99 Å². The third-order valence-electron chi connectivity index (χ3n) is 3.98. The first-order valence-electron chi connectivity index (χ1n) is 8.14. The van der Waals surface area contributed by atoms with Crippen molar-refractivity contribution in [2.45, 2.75) is 6.42 Å². The van der Waals surface area contributed by atoms with Crippen LogP contribution >= 0.6 is 23.2 Å². The highest BCUT2D eigenvalue weighted by molar-refractivity contribution is 6.37. The molecule has 0 amide bonds. The molecule has 2 aromatic carbocycles. The number of carbonyl (C=O) groups excluding carboxylic acids is 1. The van der Waals surface area contributed by atoms with Crippen LogP contribution in [0.15, 0.2) is 53.2 Å². The summed E-state index contributed by atoms with van der Waals surface area (Å²) in [7, 11) is 1.92. The maximum atomic E-state index is 12.1. The number of nitriles is 1. The minimum absolute atomic E-state index is 0.153. The van der Waals surface area contributed by atoms with E-state index in [-0.39, 0.29) is 11.6 Å². The first-order chi connectivity index (χ1) is 13.0. The third-order valence-corrected chi connectivity index (χ3v) is 4.53. The number of esters is 1. The van der Waals surface area contributed by atoms with Crippen molar-refractivity contribution in [2.75, 3.05) is 18.5 Å². The van der Waals surface area contributed by atoms with Crippen molar-refractivity contribution in [1.82, 2.24) is 0 Å². The predicted molar refractivity (Wildman–Crippen MR) is 107 cm³/mol. The van der Waals surface area contributed by atoms with Gasteiger partial charge in [0.15, 0.2) is 5.70 Å². The maximum Gasteiger partial charge on any atom is 0.363 e. The number of aliphatic imine (C=N–C) groups is 1. The summed E-state index contributed by atoms with van der Waals surface area (Å²) in [6, 6.07) is 14.6. The number of carbonyl (C=O) groups is 1. The highest BCUT2D eigenvalue weighted by Gasteiger charge is 2.25. The summed E-state index contributed by atoms with van der Waals surface area (Å²) < 4.78 is 5.24. The van der Waals surface area contributed by atoms with Crippen LogP contribution in [0.1, 0.15) is 17.5 Å². The Labute approximate surface area is 167 Å². The van der Waals surface area contributed by atoms with Crippen LogP contribution in [0.2, 0.25) is 10.0 Å². The molecule has 0 aromatic heterocycles. The molecule has 0 N–H and O–H groups in total. The molecule has 0 radical (unpaired) electrons. The highest BCUT2D eigenvalue weighted by atomic mass is 35.5. The lowest BCUT2D eigenvalue weighted by Crippen LogP contribution is -2.17. The summed E-state index contributed by atoms with van der Waals surface area (Å²) in [5.41, 5.74) is 2.50. The first-order valence-corrected chi connectivity index (χ1v) is 8.89. The van der Waals surface area contributed by atoms with E-state index < -0.39 is 5.97 Å². The van der Waals surface area contributed by atoms with Crippen LogP contribution < -0.4 is 4.90 Å². The number of ether oxygens (including phenoxy) is 1. The number of rotatable bonds is 5. The second-order valence-electron chi connectivity index (χ2n) is 5.88. The summed E-state index contributed by atoms with van der Waals surface area (Å²) in [5, 5.41) is 9.52. The Morgan fingerprint density at radius 3 is 2.63 bits per heavy atom. The largest absolute Gasteiger partial charge is 0.402 e. The SMILES string of the molecule is CN(CCC#N)c1ccc(C=C2N=C(c3ccc(Cl)cc3Cl)OC2=O)cc1. The molecule has 0 saturated carbocycles. The fourth-order valence-electron chi connectivity index (χ4n) is 2.52. The van der Waals surface area contributed by atoms with Gasteiger partial charge in [-0.3, -0.25) is 0 Å². The average molecular weight is 400 g/mol. The predicted octanol–water partition coefficient (Wildman–Crippen LogP) is 4.69. The second-order valence-corrected chi connectivity index (χ2v) is 6.73. The van der Waals surface area contributed by atoms with Gasteiger partial charge in [0.2, 0.25) is 5.90 Å². The molecular weight excluding hydrogens is 385 g/mol. The monoisotopic (exact) mass is 399 g/mol. The van der Waals surface area contributed by atoms with Crippen molar-refractivity contribution in [1.29, 1.82) is 5.26 Å². The van der Waals surface area contributed by atoms with Crippen molar-refractivity contribution in [3.05, 3.63) is 69.3 Å². The Kier molecular flexibility index (Phi) is 5.80. The van der Waals surface area contributed by atoms with E-state index in [2.05, 4.69) is 11.1 Å². The van der Waals surface area contributed by atoms with Crippen molar-refractivity contribution < 1.29 is 9.53 Å². The highest BCUT2D eigenvalue weighted by Crippen LogP contribution is 2.26. The van der Waals surface area contributed by atoms with Gasteiger partial charge in [-0.15, -0.1) is 0 Å². The minimum Gasteiger partial charge on any atom is -0.402 e. The van der Waals surface area contributed by atoms with E-state index >= 15 is 0 Å². The second kappa shape index (κ2) is 8.26. The molecule has 0 spiro atoms. The molecule has 27 heavy (non-hydrogen) atoms. The Hall–Kier alpha value is -2.81. The fourth-order valence-corrected chi connectivity index (χ4v) is 3.01. The van der Waals surface area contributed by atoms with Gasteiger partial charge >= 0.3 is 5.97 Å². The van der Waals surface area contributed by atoms with Crippen LogP contribution in [-0.2, 0) is 9.53 Å². The molecule has 0 bridgehead atoms. The van der Waals surface area contributed by atoms with Gasteiger partial charge in [0.1, 0.15) is 0 Å². The first kappa shape index (κ1) is 19.0. The molecule has 1 heterocycles. The van der Waals surface area contributed by atoms with Gasteiger partial charge in [0.05, 0.1) is 23.1 Å². The summed E-state index contributed by atoms with van der Waals surface area (Å²) in [4.78, 5) is 18.4. The fraction of sp³-hybridized carbons (Fsp3) is 0.150. The zero-order valence-corrected chi connectivity index (χ0v) is 16.0. The lowest BCUT2D eigenvalue weighted by atomic mass is 10.1. The molecule has 0 fully saturated rings. The summed E-state index contributed by atoms with van der Waals surface area (Å²) in [6.07, 6.45) is 2.11. The van der Waals surface area contributed by atoms with Gasteiger partial charge in [-0.2, -0.15) is 5.26 Å². The Morgan fingerprint density at radius 2 is 1.96 bits per heavy atom. The van der Waals surface area contributed by atoms with E-state index in [1.165, 1.54) is 0 Å². The molecule has 0 saturated heterocycles. The van der Waals surface area contributed by atoms with Gasteiger partial charge in [0.25, 0.3) is 0 Å². The number of nitrogens with zero attached hydrogens (tertiary/aromatic N) is 3. The molecule has 7 heteroatoms. The number of benzene rings is 2. The van der Waals surface area contributed by atoms with Gasteiger partial charge in [0, 0.05) is 24.3 Å². The number of hydrogen-bond acceptors (Lipinski definition) is 5. The van der Waals surface area contributed by atoms with Crippen molar-refractivity contribution in [3.8, 4) is 6.07 Å². The van der Waals surface area contributed by atoms with Crippen LogP contribution in [-0.4, -0.2) is 25.5 Å².